The molecule has 5 heteroatoms. The Balaban J connectivity index is 3.01. The zero-order valence-electron chi connectivity index (χ0n) is 12.4. The fourth-order valence-electron chi connectivity index (χ4n) is 1.76. The van der Waals surface area contributed by atoms with Crippen molar-refractivity contribution in [3.05, 3.63) is 33.8 Å². The summed E-state index contributed by atoms with van der Waals surface area (Å²) in [6.07, 6.45) is 0.925. The first-order valence-electron chi connectivity index (χ1n) is 6.77. The van der Waals surface area contributed by atoms with E-state index in [0.717, 1.165) is 13.0 Å². The molecule has 0 saturated heterocycles. The highest BCUT2D eigenvalue weighted by Crippen LogP contribution is 2.32. The van der Waals surface area contributed by atoms with Gasteiger partial charge < -0.3 is 5.32 Å². The molecule has 0 aromatic heterocycles. The molecular formula is C15H22BrF2NS. The van der Waals surface area contributed by atoms with Gasteiger partial charge in [-0.1, -0.05) is 27.7 Å². The van der Waals surface area contributed by atoms with Crippen LogP contribution in [-0.2, 0) is 0 Å². The Labute approximate surface area is 133 Å². The molecule has 1 atom stereocenters. The number of hydrogen-bond acceptors (Lipinski definition) is 2. The van der Waals surface area contributed by atoms with Gasteiger partial charge in [-0.15, -0.1) is 0 Å². The first kappa shape index (κ1) is 17.9. The number of benzene rings is 1. The predicted octanol–water partition coefficient (Wildman–Crippen LogP) is 5.30. The second-order valence-corrected chi connectivity index (χ2v) is 8.39. The lowest BCUT2D eigenvalue weighted by molar-refractivity contribution is 0.488. The number of hydrogen-bond donors (Lipinski definition) is 1. The van der Waals surface area contributed by atoms with Crippen LogP contribution >= 0.6 is 27.7 Å². The molecule has 0 saturated carbocycles. The van der Waals surface area contributed by atoms with E-state index in [2.05, 4.69) is 42.0 Å². The van der Waals surface area contributed by atoms with Crippen molar-refractivity contribution in [1.29, 1.82) is 0 Å². The molecule has 114 valence electrons. The highest BCUT2D eigenvalue weighted by atomic mass is 79.9. The van der Waals surface area contributed by atoms with Crippen LogP contribution in [0.5, 0.6) is 0 Å². The molecule has 0 bridgehead atoms. The maximum atomic E-state index is 14.2. The van der Waals surface area contributed by atoms with Crippen molar-refractivity contribution < 1.29 is 8.78 Å². The smallest absolute Gasteiger partial charge is 0.145 e. The van der Waals surface area contributed by atoms with Crippen molar-refractivity contribution in [2.45, 2.75) is 44.9 Å². The van der Waals surface area contributed by atoms with E-state index in [-0.39, 0.29) is 16.4 Å². The lowest BCUT2D eigenvalue weighted by Crippen LogP contribution is -2.27. The fraction of sp³-hybridized carbons (Fsp3) is 0.600. The second kappa shape index (κ2) is 7.76. The summed E-state index contributed by atoms with van der Waals surface area (Å²) >= 11 is 4.83. The van der Waals surface area contributed by atoms with Gasteiger partial charge in [0.2, 0.25) is 0 Å². The van der Waals surface area contributed by atoms with Crippen LogP contribution in [0.3, 0.4) is 0 Å². The van der Waals surface area contributed by atoms with Gasteiger partial charge in [-0.2, -0.15) is 11.8 Å². The van der Waals surface area contributed by atoms with Crippen molar-refractivity contribution in [3.63, 3.8) is 0 Å². The van der Waals surface area contributed by atoms with Crippen LogP contribution in [0.4, 0.5) is 8.78 Å². The molecule has 0 aliphatic rings. The van der Waals surface area contributed by atoms with Crippen LogP contribution in [0.25, 0.3) is 0 Å². The number of rotatable bonds is 6. The quantitative estimate of drug-likeness (QED) is 0.686. The molecule has 0 spiro atoms. The lowest BCUT2D eigenvalue weighted by Gasteiger charge is -2.25. The highest BCUT2D eigenvalue weighted by Gasteiger charge is 2.23. The standard InChI is InChI=1S/C15H22BrF2NS/c1-5-8-19-12(9-20-15(2,3)4)13-11(17)7-6-10(16)14(13)18/h6-7,12,19H,5,8-9H2,1-4H3. The van der Waals surface area contributed by atoms with Crippen LogP contribution in [0.2, 0.25) is 0 Å². The minimum atomic E-state index is -0.506. The van der Waals surface area contributed by atoms with E-state index in [0.29, 0.717) is 10.2 Å². The molecule has 20 heavy (non-hydrogen) atoms. The summed E-state index contributed by atoms with van der Waals surface area (Å²) in [6.45, 7) is 9.07. The number of thioether (sulfide) groups is 1. The maximum Gasteiger partial charge on any atom is 0.145 e. The van der Waals surface area contributed by atoms with Crippen molar-refractivity contribution in [1.82, 2.24) is 5.32 Å². The molecule has 1 aromatic carbocycles. The third-order valence-electron chi connectivity index (χ3n) is 2.75. The van der Waals surface area contributed by atoms with E-state index in [9.17, 15) is 8.78 Å². The van der Waals surface area contributed by atoms with Crippen LogP contribution in [0.1, 0.15) is 45.7 Å². The van der Waals surface area contributed by atoms with Crippen molar-refractivity contribution >= 4 is 27.7 Å². The summed E-state index contributed by atoms with van der Waals surface area (Å²) in [4.78, 5) is 0. The minimum absolute atomic E-state index is 0.0606. The maximum absolute atomic E-state index is 14.2. The Morgan fingerprint density at radius 1 is 1.30 bits per heavy atom. The Bertz CT molecular complexity index is 446. The van der Waals surface area contributed by atoms with Crippen molar-refractivity contribution in [2.75, 3.05) is 12.3 Å². The van der Waals surface area contributed by atoms with E-state index in [4.69, 9.17) is 0 Å². The van der Waals surface area contributed by atoms with E-state index < -0.39 is 11.6 Å². The lowest BCUT2D eigenvalue weighted by atomic mass is 10.1. The average molecular weight is 366 g/mol. The van der Waals surface area contributed by atoms with E-state index >= 15 is 0 Å². The third-order valence-corrected chi connectivity index (χ3v) is 4.73. The molecule has 1 nitrogen and oxygen atoms in total. The molecule has 0 fully saturated rings. The summed E-state index contributed by atoms with van der Waals surface area (Å²) in [5.74, 6) is -0.365. The average Bonchev–Trinajstić information content (AvgIpc) is 2.35. The minimum Gasteiger partial charge on any atom is -0.309 e. The van der Waals surface area contributed by atoms with Gasteiger partial charge >= 0.3 is 0 Å². The van der Waals surface area contributed by atoms with Gasteiger partial charge in [-0.3, -0.25) is 0 Å². The van der Waals surface area contributed by atoms with Gasteiger partial charge in [-0.05, 0) is 41.0 Å². The molecule has 0 heterocycles. The summed E-state index contributed by atoms with van der Waals surface area (Å²) in [5.41, 5.74) is 0.129. The van der Waals surface area contributed by atoms with Crippen molar-refractivity contribution in [2.24, 2.45) is 0 Å². The summed E-state index contributed by atoms with van der Waals surface area (Å²) in [6, 6.07) is 2.39. The molecule has 0 radical (unpaired) electrons. The van der Waals surface area contributed by atoms with Crippen LogP contribution in [0.15, 0.2) is 16.6 Å². The Morgan fingerprint density at radius 2 is 1.95 bits per heavy atom. The van der Waals surface area contributed by atoms with Gasteiger partial charge in [-0.25, -0.2) is 8.78 Å². The first-order valence-corrected chi connectivity index (χ1v) is 8.55. The molecule has 1 rings (SSSR count). The Hall–Kier alpha value is -0.130. The predicted molar refractivity (Wildman–Crippen MR) is 87.3 cm³/mol. The number of nitrogens with one attached hydrogen (secondary N) is 1. The summed E-state index contributed by atoms with van der Waals surface area (Å²) < 4.78 is 28.6. The summed E-state index contributed by atoms with van der Waals surface area (Å²) in [5, 5.41) is 3.25. The Morgan fingerprint density at radius 3 is 2.50 bits per heavy atom. The topological polar surface area (TPSA) is 12.0 Å². The second-order valence-electron chi connectivity index (χ2n) is 5.69. The van der Waals surface area contributed by atoms with E-state index in [1.54, 1.807) is 11.8 Å². The third kappa shape index (κ3) is 5.34. The van der Waals surface area contributed by atoms with Gasteiger partial charge in [0, 0.05) is 22.1 Å². The fourth-order valence-corrected chi connectivity index (χ4v) is 3.06. The van der Waals surface area contributed by atoms with Gasteiger partial charge in [0.05, 0.1) is 4.47 Å². The van der Waals surface area contributed by atoms with E-state index in [1.807, 2.05) is 6.92 Å². The molecule has 1 unspecified atom stereocenters. The summed E-state index contributed by atoms with van der Waals surface area (Å²) in [7, 11) is 0. The molecule has 1 aromatic rings. The molecular weight excluding hydrogens is 344 g/mol. The largest absolute Gasteiger partial charge is 0.309 e. The SMILES string of the molecule is CCCNC(CSC(C)(C)C)c1c(F)ccc(Br)c1F. The van der Waals surface area contributed by atoms with E-state index in [1.165, 1.54) is 12.1 Å². The Kier molecular flexibility index (Phi) is 6.95. The molecule has 0 aliphatic heterocycles. The van der Waals surface area contributed by atoms with Crippen LogP contribution < -0.4 is 5.32 Å². The molecule has 1 N–H and O–H groups in total. The number of halogens is 3. The zero-order valence-corrected chi connectivity index (χ0v) is 14.8. The van der Waals surface area contributed by atoms with Crippen molar-refractivity contribution in [3.8, 4) is 0 Å². The van der Waals surface area contributed by atoms with Gasteiger partial charge in [0.25, 0.3) is 0 Å². The monoisotopic (exact) mass is 365 g/mol. The highest BCUT2D eigenvalue weighted by molar-refractivity contribution is 9.10. The zero-order chi connectivity index (χ0) is 15.3. The first-order chi connectivity index (χ1) is 9.26. The van der Waals surface area contributed by atoms with Gasteiger partial charge in [0.1, 0.15) is 11.6 Å². The van der Waals surface area contributed by atoms with Gasteiger partial charge in [0.15, 0.2) is 0 Å². The normalized spacial score (nSPS) is 13.6. The molecule has 0 amide bonds. The molecule has 0 aliphatic carbocycles. The van der Waals surface area contributed by atoms with Crippen LogP contribution in [0, 0.1) is 11.6 Å². The van der Waals surface area contributed by atoms with Crippen LogP contribution in [-0.4, -0.2) is 17.0 Å².